The number of benzene rings is 2. The van der Waals surface area contributed by atoms with E-state index in [0.717, 1.165) is 22.6 Å². The quantitative estimate of drug-likeness (QED) is 0.175. The number of nitrogens with zero attached hydrogens (tertiary/aromatic N) is 6. The number of aliphatic imine (C=N–C) groups is 2. The third kappa shape index (κ3) is 7.95. The standard InChI is InChI=1S/2C11H11N4O2.Cu/c2*1-7(12)13-11-15-14-10(17-11)8-3-5-9(16-2)6-4-8;/h2*3-6H,1-2H3,(H-,12,13,15);/q2*-1;+2. The number of aromatic nitrogens is 4. The first-order valence-corrected chi connectivity index (χ1v) is 9.87. The van der Waals surface area contributed by atoms with E-state index in [2.05, 4.69) is 30.4 Å². The average Bonchev–Trinajstić information content (AvgIpc) is 3.49. The zero-order valence-electron chi connectivity index (χ0n) is 19.2. The summed E-state index contributed by atoms with van der Waals surface area (Å²) in [6, 6.07) is 14.6. The van der Waals surface area contributed by atoms with Gasteiger partial charge >= 0.3 is 17.1 Å². The van der Waals surface area contributed by atoms with E-state index in [1.807, 2.05) is 24.3 Å². The molecule has 12 nitrogen and oxygen atoms in total. The molecule has 0 aliphatic carbocycles. The molecule has 0 aliphatic heterocycles. The number of rotatable bonds is 6. The third-order valence-corrected chi connectivity index (χ3v) is 4.03. The van der Waals surface area contributed by atoms with Gasteiger partial charge < -0.3 is 39.8 Å². The zero-order valence-corrected chi connectivity index (χ0v) is 20.2. The van der Waals surface area contributed by atoms with Gasteiger partial charge in [-0.2, -0.15) is 0 Å². The molecule has 2 aromatic heterocycles. The van der Waals surface area contributed by atoms with Gasteiger partial charge in [-0.1, -0.05) is 11.7 Å². The molecule has 2 N–H and O–H groups in total. The molecule has 1 radical (unpaired) electrons. The van der Waals surface area contributed by atoms with Crippen LogP contribution < -0.4 is 9.47 Å². The summed E-state index contributed by atoms with van der Waals surface area (Å²) in [4.78, 5) is 7.52. The Morgan fingerprint density at radius 3 is 1.29 bits per heavy atom. The second-order valence-corrected chi connectivity index (χ2v) is 6.63. The first-order valence-electron chi connectivity index (χ1n) is 9.87. The van der Waals surface area contributed by atoms with Gasteiger partial charge in [-0.15, -0.1) is 20.4 Å². The Bertz CT molecular complexity index is 1160. The minimum Gasteiger partial charge on any atom is -0.497 e. The molecule has 0 fully saturated rings. The van der Waals surface area contributed by atoms with Crippen LogP contribution in [0.4, 0.5) is 12.0 Å². The largest absolute Gasteiger partial charge is 2.00 e. The molecule has 4 aromatic rings. The van der Waals surface area contributed by atoms with Gasteiger partial charge in [-0.05, 0) is 62.4 Å². The summed E-state index contributed by atoms with van der Waals surface area (Å²) in [5, 5.41) is 15.1. The molecule has 0 saturated heterocycles. The van der Waals surface area contributed by atoms with Gasteiger partial charge in [0.15, 0.2) is 0 Å². The van der Waals surface area contributed by atoms with E-state index in [1.54, 1.807) is 38.5 Å². The molecule has 2 heterocycles. The smallest absolute Gasteiger partial charge is 0.497 e. The second kappa shape index (κ2) is 12.9. The van der Waals surface area contributed by atoms with Crippen LogP contribution in [-0.4, -0.2) is 46.3 Å². The van der Waals surface area contributed by atoms with Crippen molar-refractivity contribution < 1.29 is 35.4 Å². The summed E-state index contributed by atoms with van der Waals surface area (Å²) in [6.07, 6.45) is 0. The third-order valence-electron chi connectivity index (χ3n) is 4.03. The van der Waals surface area contributed by atoms with Crippen molar-refractivity contribution in [3.63, 3.8) is 0 Å². The van der Waals surface area contributed by atoms with Crippen LogP contribution in [0.1, 0.15) is 13.8 Å². The van der Waals surface area contributed by atoms with Gasteiger partial charge in [0.25, 0.3) is 0 Å². The number of amidine groups is 2. The number of hydrogen-bond acceptors (Lipinski definition) is 10. The van der Waals surface area contributed by atoms with Crippen molar-refractivity contribution in [2.75, 3.05) is 14.2 Å². The fraction of sp³-hybridized carbons (Fsp3) is 0.182. The SMILES string of the molecule is COc1ccc(-c2nnc(/N=C(/C)[NH-])o2)cc1.COc1ccc(-c2nnc(/N=C(/C)[NH-])o2)cc1.[Cu+2]. The van der Waals surface area contributed by atoms with E-state index in [4.69, 9.17) is 29.8 Å². The summed E-state index contributed by atoms with van der Waals surface area (Å²) >= 11 is 0. The van der Waals surface area contributed by atoms with Crippen LogP contribution >= 0.6 is 0 Å². The van der Waals surface area contributed by atoms with Gasteiger partial charge in [0, 0.05) is 11.1 Å². The van der Waals surface area contributed by atoms with Crippen molar-refractivity contribution in [3.05, 3.63) is 60.0 Å². The van der Waals surface area contributed by atoms with Gasteiger partial charge in [-0.3, -0.25) is 0 Å². The zero-order chi connectivity index (χ0) is 24.5. The molecule has 0 atom stereocenters. The molecule has 0 saturated carbocycles. The summed E-state index contributed by atoms with van der Waals surface area (Å²) < 4.78 is 20.7. The molecule has 4 rings (SSSR count). The molecule has 0 unspecified atom stereocenters. The van der Waals surface area contributed by atoms with Gasteiger partial charge in [-0.25, -0.2) is 0 Å². The molecule has 13 heteroatoms. The second-order valence-electron chi connectivity index (χ2n) is 6.63. The van der Waals surface area contributed by atoms with Gasteiger partial charge in [0.2, 0.25) is 23.8 Å². The topological polar surface area (TPSA) is 169 Å². The Labute approximate surface area is 211 Å². The van der Waals surface area contributed by atoms with Crippen LogP contribution in [0.3, 0.4) is 0 Å². The van der Waals surface area contributed by atoms with E-state index in [1.165, 1.54) is 13.8 Å². The maximum absolute atomic E-state index is 7.19. The number of ether oxygens (including phenoxy) is 2. The fourth-order valence-corrected chi connectivity index (χ4v) is 2.51. The summed E-state index contributed by atoms with van der Waals surface area (Å²) in [6.45, 7) is 3.08. The summed E-state index contributed by atoms with van der Waals surface area (Å²) in [5.41, 5.74) is 15.9. The van der Waals surface area contributed by atoms with E-state index in [0.29, 0.717) is 11.8 Å². The molecule has 0 aliphatic rings. The van der Waals surface area contributed by atoms with Crippen molar-refractivity contribution in [1.29, 1.82) is 0 Å². The van der Waals surface area contributed by atoms with Crippen molar-refractivity contribution in [2.45, 2.75) is 13.8 Å². The van der Waals surface area contributed by atoms with E-state index in [-0.39, 0.29) is 40.8 Å². The van der Waals surface area contributed by atoms with E-state index in [9.17, 15) is 0 Å². The fourth-order valence-electron chi connectivity index (χ4n) is 2.51. The van der Waals surface area contributed by atoms with Crippen LogP contribution in [0, 0.1) is 0 Å². The van der Waals surface area contributed by atoms with Crippen LogP contribution in [-0.2, 0) is 17.1 Å². The van der Waals surface area contributed by atoms with Crippen LogP contribution in [0.15, 0.2) is 67.4 Å². The van der Waals surface area contributed by atoms with Crippen molar-refractivity contribution in [3.8, 4) is 34.4 Å². The van der Waals surface area contributed by atoms with Crippen molar-refractivity contribution >= 4 is 23.7 Å². The van der Waals surface area contributed by atoms with Crippen LogP contribution in [0.5, 0.6) is 11.5 Å². The molecule has 0 bridgehead atoms. The summed E-state index contributed by atoms with van der Waals surface area (Å²) in [7, 11) is 3.21. The maximum atomic E-state index is 7.19. The molecule has 35 heavy (non-hydrogen) atoms. The number of nitrogens with one attached hydrogen (secondary N) is 2. The van der Waals surface area contributed by atoms with Crippen molar-refractivity contribution in [1.82, 2.24) is 20.4 Å². The van der Waals surface area contributed by atoms with E-state index < -0.39 is 0 Å². The predicted octanol–water partition coefficient (Wildman–Crippen LogP) is 5.69. The molecule has 2 aromatic carbocycles. The van der Waals surface area contributed by atoms with Gasteiger partial charge in [0.05, 0.1) is 14.2 Å². The molecule has 0 spiro atoms. The minimum absolute atomic E-state index is 0. The first-order chi connectivity index (χ1) is 16.4. The minimum atomic E-state index is 0. The molecular formula is C22H22CuN8O4. The monoisotopic (exact) mass is 525 g/mol. The van der Waals surface area contributed by atoms with Crippen molar-refractivity contribution in [2.24, 2.45) is 9.98 Å². The molecule has 185 valence electrons. The average molecular weight is 526 g/mol. The van der Waals surface area contributed by atoms with Gasteiger partial charge in [0.1, 0.15) is 11.5 Å². The predicted molar refractivity (Wildman–Crippen MR) is 127 cm³/mol. The maximum Gasteiger partial charge on any atom is 2.00 e. The van der Waals surface area contributed by atoms with E-state index >= 15 is 0 Å². The number of hydrogen-bond donors (Lipinski definition) is 0. The van der Waals surface area contributed by atoms with Crippen LogP contribution in [0.2, 0.25) is 0 Å². The Kier molecular flexibility index (Phi) is 9.94. The summed E-state index contributed by atoms with van der Waals surface area (Å²) in [5.74, 6) is 2.49. The first kappa shape index (κ1) is 27.0. The Morgan fingerprint density at radius 1 is 0.657 bits per heavy atom. The Balaban J connectivity index is 0.000000240. The Morgan fingerprint density at radius 2 is 1.00 bits per heavy atom. The molecule has 0 amide bonds. The molecular weight excluding hydrogens is 504 g/mol. The number of methoxy groups -OCH3 is 2. The Hall–Kier alpha value is -4.22. The van der Waals surface area contributed by atoms with Crippen LogP contribution in [0.25, 0.3) is 34.4 Å². The normalized spacial score (nSPS) is 11.2.